The first-order valence-corrected chi connectivity index (χ1v) is 23.9. The molecular weight excluding hydrogens is 698 g/mol. The fourth-order valence-electron chi connectivity index (χ4n) is 15.7. The van der Waals surface area contributed by atoms with E-state index in [0.717, 1.165) is 13.0 Å². The van der Waals surface area contributed by atoms with Crippen LogP contribution >= 0.6 is 0 Å². The molecule has 3 N–H and O–H groups in total. The van der Waals surface area contributed by atoms with Gasteiger partial charge in [-0.05, 0) is 184 Å². The topological polar surface area (TPSA) is 104 Å². The van der Waals surface area contributed by atoms with Gasteiger partial charge in [0.2, 0.25) is 0 Å². The van der Waals surface area contributed by atoms with Crippen molar-refractivity contribution in [2.75, 3.05) is 19.5 Å². The van der Waals surface area contributed by atoms with Crippen molar-refractivity contribution in [1.82, 2.24) is 5.32 Å². The summed E-state index contributed by atoms with van der Waals surface area (Å²) in [6.45, 7) is 17.8. The highest BCUT2D eigenvalue weighted by atomic mass is 32.2. The summed E-state index contributed by atoms with van der Waals surface area (Å²) in [5.41, 5.74) is 1.42. The molecule has 0 bridgehead atoms. The molecule has 5 saturated carbocycles. The summed E-state index contributed by atoms with van der Waals surface area (Å²) in [4.78, 5) is 12.0. The lowest BCUT2D eigenvalue weighted by Gasteiger charge is -2.72. The minimum atomic E-state index is -3.06. The summed E-state index contributed by atoms with van der Waals surface area (Å²) >= 11 is 0. The smallest absolute Gasteiger partial charge is 0.312 e. The highest BCUT2D eigenvalue weighted by Gasteiger charge is 2.70. The second-order valence-corrected chi connectivity index (χ2v) is 24.2. The second-order valence-electron chi connectivity index (χ2n) is 21.9. The van der Waals surface area contributed by atoms with Gasteiger partial charge in [-0.3, -0.25) is 4.79 Å². The van der Waals surface area contributed by atoms with Gasteiger partial charge in [-0.1, -0.05) is 60.6 Å². The molecule has 306 valence electrons. The molecule has 0 unspecified atom stereocenters. The molecule has 5 fully saturated rings. The van der Waals surface area contributed by atoms with E-state index in [4.69, 9.17) is 0 Å². The molecule has 0 aliphatic heterocycles. The maximum Gasteiger partial charge on any atom is 0.312 e. The zero-order chi connectivity index (χ0) is 39.3. The minimum Gasteiger partial charge on any atom is -0.481 e. The number of fused-ring (bicyclic) bond motifs is 7. The predicted octanol–water partition coefficient (Wildman–Crippen LogP) is 9.86. The van der Waals surface area contributed by atoms with Crippen LogP contribution in [-0.2, 0) is 14.6 Å². The van der Waals surface area contributed by atoms with Gasteiger partial charge < -0.3 is 15.5 Å². The van der Waals surface area contributed by atoms with Gasteiger partial charge in [0.15, 0.2) is 0 Å². The molecule has 10 atom stereocenters. The van der Waals surface area contributed by atoms with Crippen LogP contribution in [0.25, 0.3) is 0 Å². The number of nitrogens with one attached hydrogen (secondary N) is 1. The number of rotatable bonds is 9. The number of halogens is 1. The number of allylic oxidation sites excluding steroid dienone is 4. The number of alkyl halides is 1. The van der Waals surface area contributed by atoms with Crippen LogP contribution in [0.4, 0.5) is 4.39 Å². The largest absolute Gasteiger partial charge is 0.481 e. The summed E-state index contributed by atoms with van der Waals surface area (Å²) in [6.07, 6.45) is 21.3. The summed E-state index contributed by atoms with van der Waals surface area (Å²) in [7, 11) is -3.06. The van der Waals surface area contributed by atoms with Crippen molar-refractivity contribution >= 4 is 15.8 Å². The Morgan fingerprint density at radius 1 is 0.870 bits per heavy atom. The fraction of sp³-hybridized carbons (Fsp3) is 0.891. The first-order chi connectivity index (χ1) is 25.1. The van der Waals surface area contributed by atoms with E-state index in [-0.39, 0.29) is 38.9 Å². The van der Waals surface area contributed by atoms with E-state index in [1.165, 1.54) is 68.8 Å². The summed E-state index contributed by atoms with van der Waals surface area (Å²) in [5, 5.41) is 25.3. The van der Waals surface area contributed by atoms with Crippen LogP contribution in [0.5, 0.6) is 0 Å². The Kier molecular flexibility index (Phi) is 10.4. The number of carboxylic acids is 1. The molecule has 7 rings (SSSR count). The summed E-state index contributed by atoms with van der Waals surface area (Å²) in [5.74, 6) is 2.82. The molecule has 0 saturated heterocycles. The summed E-state index contributed by atoms with van der Waals surface area (Å²) in [6, 6.07) is 0. The van der Waals surface area contributed by atoms with E-state index in [2.05, 4.69) is 65.9 Å². The van der Waals surface area contributed by atoms with E-state index in [0.29, 0.717) is 80.5 Å². The first kappa shape index (κ1) is 40.9. The third kappa shape index (κ3) is 6.16. The molecule has 0 aromatic rings. The number of carboxylic acid groups (broad SMARTS) is 1. The fourth-order valence-corrected chi connectivity index (χ4v) is 16.8. The van der Waals surface area contributed by atoms with Gasteiger partial charge >= 0.3 is 5.97 Å². The average molecular weight is 772 g/mol. The zero-order valence-corrected chi connectivity index (χ0v) is 35.9. The van der Waals surface area contributed by atoms with Crippen molar-refractivity contribution < 1.29 is 27.8 Å². The van der Waals surface area contributed by atoms with E-state index in [1.807, 2.05) is 0 Å². The van der Waals surface area contributed by atoms with Crippen molar-refractivity contribution in [2.24, 2.45) is 62.6 Å². The SMILES string of the molecule is CC(C)[C@@H]1CC[C@]2(NCC[C@]3(O)CC[C@@H](S(C)(=O)=O)CC3)CC[C@]3(C)[C@H](CC[C@@H]4[C@@]5(C)CC=C(C6=CC[C@](CF)(C(=O)O)CC6)C(C)(C)[C@@H]5CC[C@]43C)[C@@H]12. The molecule has 0 spiro atoms. The van der Waals surface area contributed by atoms with Gasteiger partial charge in [-0.15, -0.1) is 0 Å². The van der Waals surface area contributed by atoms with Crippen LogP contribution in [-0.4, -0.2) is 60.5 Å². The Balaban J connectivity index is 1.11. The van der Waals surface area contributed by atoms with Crippen LogP contribution in [0.1, 0.15) is 158 Å². The second kappa shape index (κ2) is 13.7. The average Bonchev–Trinajstić information content (AvgIpc) is 3.48. The van der Waals surface area contributed by atoms with Crippen molar-refractivity contribution in [2.45, 2.75) is 174 Å². The Hall–Kier alpha value is -1.25. The molecule has 6 nitrogen and oxygen atoms in total. The van der Waals surface area contributed by atoms with Gasteiger partial charge in [0.1, 0.15) is 16.5 Å². The molecule has 0 radical (unpaired) electrons. The van der Waals surface area contributed by atoms with Crippen LogP contribution in [0.2, 0.25) is 0 Å². The number of aliphatic carboxylic acids is 1. The molecule has 0 aromatic carbocycles. The van der Waals surface area contributed by atoms with Gasteiger partial charge in [-0.25, -0.2) is 12.8 Å². The Labute approximate surface area is 327 Å². The van der Waals surface area contributed by atoms with Gasteiger partial charge in [-0.2, -0.15) is 0 Å². The van der Waals surface area contributed by atoms with E-state index in [9.17, 15) is 27.8 Å². The van der Waals surface area contributed by atoms with E-state index >= 15 is 0 Å². The number of carbonyl (C=O) groups is 1. The monoisotopic (exact) mass is 772 g/mol. The highest BCUT2D eigenvalue weighted by molar-refractivity contribution is 7.91. The van der Waals surface area contributed by atoms with Gasteiger partial charge in [0.25, 0.3) is 0 Å². The zero-order valence-electron chi connectivity index (χ0n) is 35.0. The Morgan fingerprint density at radius 3 is 2.17 bits per heavy atom. The van der Waals surface area contributed by atoms with E-state index < -0.39 is 33.5 Å². The number of hydrogen-bond acceptors (Lipinski definition) is 5. The van der Waals surface area contributed by atoms with Crippen LogP contribution in [0.3, 0.4) is 0 Å². The normalized spacial score (nSPS) is 47.5. The maximum absolute atomic E-state index is 14.0. The van der Waals surface area contributed by atoms with Crippen LogP contribution in [0, 0.1) is 62.6 Å². The molecule has 0 heterocycles. The van der Waals surface area contributed by atoms with Gasteiger partial charge in [0, 0.05) is 11.8 Å². The third-order valence-corrected chi connectivity index (χ3v) is 20.8. The quantitative estimate of drug-likeness (QED) is 0.216. The lowest BCUT2D eigenvalue weighted by Crippen LogP contribution is -2.68. The maximum atomic E-state index is 14.0. The van der Waals surface area contributed by atoms with Crippen LogP contribution < -0.4 is 5.32 Å². The van der Waals surface area contributed by atoms with E-state index in [1.54, 1.807) is 0 Å². The van der Waals surface area contributed by atoms with Crippen molar-refractivity contribution in [1.29, 1.82) is 0 Å². The molecule has 54 heavy (non-hydrogen) atoms. The predicted molar refractivity (Wildman–Crippen MR) is 215 cm³/mol. The standard InChI is InChI=1S/C46H74FNO5S/c1-30(2)33-15-24-46(48-28-27-45(51)22-13-32(14-23-45)54(8,52)53)26-25-42(6)35(38(33)46)9-10-37-41(5)18-16-34(40(3,4)36(41)17-19-43(37,42)7)31-11-20-44(29-47,21-12-31)39(49)50/h11,16,30,32-33,35-38,48,51H,9-10,12-15,17-29H2,1-8H3,(H,49,50)/t32-,33-,35+,36-,37+,38+,41-,42+,43+,44-,45+,46-/m0/s1. The minimum absolute atomic E-state index is 0.0230. The molecule has 7 aliphatic rings. The Bertz CT molecular complexity index is 1640. The lowest BCUT2D eigenvalue weighted by molar-refractivity contribution is -0.223. The number of hydrogen-bond donors (Lipinski definition) is 3. The number of aliphatic hydroxyl groups is 1. The molecule has 0 amide bonds. The van der Waals surface area contributed by atoms with Crippen molar-refractivity contribution in [3.63, 3.8) is 0 Å². The van der Waals surface area contributed by atoms with Crippen molar-refractivity contribution in [3.8, 4) is 0 Å². The molecule has 8 heteroatoms. The third-order valence-electron chi connectivity index (χ3n) is 19.1. The van der Waals surface area contributed by atoms with Gasteiger partial charge in [0.05, 0.1) is 16.3 Å². The molecule has 0 aromatic heterocycles. The van der Waals surface area contributed by atoms with Crippen molar-refractivity contribution in [3.05, 3.63) is 23.3 Å². The molecular formula is C46H74FNO5S. The van der Waals surface area contributed by atoms with Crippen LogP contribution in [0.15, 0.2) is 23.3 Å². The Morgan fingerprint density at radius 2 is 1.57 bits per heavy atom. The lowest BCUT2D eigenvalue weighted by atomic mass is 9.32. The first-order valence-electron chi connectivity index (χ1n) is 22.0. The summed E-state index contributed by atoms with van der Waals surface area (Å²) < 4.78 is 38.4. The number of sulfone groups is 1. The highest BCUT2D eigenvalue weighted by Crippen LogP contribution is 2.76. The molecule has 7 aliphatic carbocycles.